The van der Waals surface area contributed by atoms with Crippen LogP contribution in [0.4, 0.5) is 0 Å². The van der Waals surface area contributed by atoms with E-state index in [1.165, 1.54) is 5.69 Å². The summed E-state index contributed by atoms with van der Waals surface area (Å²) in [5, 5.41) is 13.0. The van der Waals surface area contributed by atoms with Crippen LogP contribution in [0.5, 0.6) is 0 Å². The van der Waals surface area contributed by atoms with Crippen molar-refractivity contribution in [2.75, 3.05) is 0 Å². The van der Waals surface area contributed by atoms with Gasteiger partial charge >= 0.3 is 0 Å². The Kier molecular flexibility index (Phi) is 4.56. The second-order valence-electron chi connectivity index (χ2n) is 4.94. The molecule has 0 aromatic carbocycles. The van der Waals surface area contributed by atoms with E-state index in [1.807, 2.05) is 20.8 Å². The topological polar surface area (TPSA) is 37.2 Å². The molecule has 1 heterocycles. The summed E-state index contributed by atoms with van der Waals surface area (Å²) in [5.41, 5.74) is 1.02. The molecule has 1 aromatic rings. The molecule has 0 aliphatic carbocycles. The quantitative estimate of drug-likeness (QED) is 0.777. The van der Waals surface area contributed by atoms with Gasteiger partial charge in [-0.1, -0.05) is 6.92 Å². The summed E-state index contributed by atoms with van der Waals surface area (Å²) < 4.78 is 2.26. The Balaban J connectivity index is 2.57. The number of aromatic nitrogens is 1. The Morgan fingerprint density at radius 1 is 1.50 bits per heavy atom. The summed E-state index contributed by atoms with van der Waals surface area (Å²) in [7, 11) is 0. The van der Waals surface area contributed by atoms with Crippen LogP contribution >= 0.6 is 0 Å². The monoisotopic (exact) mass is 224 g/mol. The lowest BCUT2D eigenvalue weighted by Crippen LogP contribution is -2.47. The summed E-state index contributed by atoms with van der Waals surface area (Å²) in [4.78, 5) is 0. The van der Waals surface area contributed by atoms with Crippen LogP contribution in [0, 0.1) is 0 Å². The van der Waals surface area contributed by atoms with Crippen LogP contribution in [0.25, 0.3) is 0 Å². The molecule has 0 aliphatic heterocycles. The van der Waals surface area contributed by atoms with E-state index in [9.17, 15) is 5.11 Å². The van der Waals surface area contributed by atoms with Crippen LogP contribution in [-0.4, -0.2) is 21.3 Å². The van der Waals surface area contributed by atoms with Gasteiger partial charge in [0.15, 0.2) is 0 Å². The van der Waals surface area contributed by atoms with Crippen molar-refractivity contribution in [1.29, 1.82) is 0 Å². The lowest BCUT2D eigenvalue weighted by atomic mass is 9.99. The van der Waals surface area contributed by atoms with E-state index in [-0.39, 0.29) is 11.6 Å². The minimum Gasteiger partial charge on any atom is -0.392 e. The molecule has 0 aliphatic rings. The lowest BCUT2D eigenvalue weighted by molar-refractivity contribution is 0.0952. The zero-order valence-corrected chi connectivity index (χ0v) is 10.8. The van der Waals surface area contributed by atoms with E-state index in [0.29, 0.717) is 0 Å². The maximum Gasteiger partial charge on any atom is 0.0688 e. The highest BCUT2D eigenvalue weighted by atomic mass is 16.3. The summed E-state index contributed by atoms with van der Waals surface area (Å²) in [6, 6.07) is 4.20. The number of aliphatic hydroxyl groups excluding tert-OH is 1. The third-order valence-electron chi connectivity index (χ3n) is 3.16. The number of rotatable bonds is 6. The van der Waals surface area contributed by atoms with Gasteiger partial charge in [-0.15, -0.1) is 0 Å². The molecule has 3 nitrogen and oxygen atoms in total. The maximum atomic E-state index is 9.61. The van der Waals surface area contributed by atoms with Crippen LogP contribution in [0.3, 0.4) is 0 Å². The second-order valence-corrected chi connectivity index (χ2v) is 4.94. The molecular weight excluding hydrogens is 200 g/mol. The zero-order chi connectivity index (χ0) is 12.2. The Morgan fingerprint density at radius 3 is 2.75 bits per heavy atom. The summed E-state index contributed by atoms with van der Waals surface area (Å²) in [5.74, 6) is 0. The third kappa shape index (κ3) is 3.35. The summed E-state index contributed by atoms with van der Waals surface area (Å²) >= 11 is 0. The number of hydrogen-bond donors (Lipinski definition) is 2. The van der Waals surface area contributed by atoms with Crippen LogP contribution in [0.15, 0.2) is 18.3 Å². The lowest BCUT2D eigenvalue weighted by Gasteiger charge is -2.29. The van der Waals surface area contributed by atoms with Gasteiger partial charge in [0.05, 0.1) is 6.10 Å². The molecule has 0 saturated carbocycles. The number of aliphatic hydroxyl groups is 1. The zero-order valence-electron chi connectivity index (χ0n) is 10.8. The third-order valence-corrected chi connectivity index (χ3v) is 3.16. The van der Waals surface area contributed by atoms with Crippen molar-refractivity contribution in [3.63, 3.8) is 0 Å². The molecule has 0 bridgehead atoms. The van der Waals surface area contributed by atoms with E-state index in [0.717, 1.165) is 19.5 Å². The largest absolute Gasteiger partial charge is 0.392 e. The summed E-state index contributed by atoms with van der Waals surface area (Å²) in [6.45, 7) is 9.88. The van der Waals surface area contributed by atoms with Gasteiger partial charge in [0, 0.05) is 30.5 Å². The fourth-order valence-electron chi connectivity index (χ4n) is 1.54. The number of aryl methyl sites for hydroxylation is 1. The molecule has 3 heteroatoms. The van der Waals surface area contributed by atoms with Gasteiger partial charge in [-0.2, -0.15) is 0 Å². The van der Waals surface area contributed by atoms with Crippen molar-refractivity contribution >= 4 is 0 Å². The number of hydrogen-bond acceptors (Lipinski definition) is 2. The predicted molar refractivity (Wildman–Crippen MR) is 67.3 cm³/mol. The maximum absolute atomic E-state index is 9.61. The SMILES string of the molecule is CCCn1cccc1CNC(C)(C)C(C)O. The molecule has 1 aromatic heterocycles. The van der Waals surface area contributed by atoms with Gasteiger partial charge in [0.25, 0.3) is 0 Å². The molecule has 2 N–H and O–H groups in total. The second kappa shape index (κ2) is 5.51. The molecule has 0 saturated heterocycles. The molecule has 16 heavy (non-hydrogen) atoms. The first-order valence-corrected chi connectivity index (χ1v) is 6.04. The highest BCUT2D eigenvalue weighted by Crippen LogP contribution is 2.11. The molecule has 0 fully saturated rings. The Morgan fingerprint density at radius 2 is 2.19 bits per heavy atom. The van der Waals surface area contributed by atoms with Gasteiger partial charge in [0.1, 0.15) is 0 Å². The first-order valence-electron chi connectivity index (χ1n) is 6.04. The molecule has 1 unspecified atom stereocenters. The predicted octanol–water partition coefficient (Wildman–Crippen LogP) is 2.15. The standard InChI is InChI=1S/C13H24N2O/c1-5-8-15-9-6-7-12(15)10-14-13(3,4)11(2)16/h6-7,9,11,14,16H,5,8,10H2,1-4H3. The van der Waals surface area contributed by atoms with E-state index >= 15 is 0 Å². The molecule has 0 amide bonds. The van der Waals surface area contributed by atoms with E-state index in [2.05, 4.69) is 35.1 Å². The highest BCUT2D eigenvalue weighted by Gasteiger charge is 2.23. The van der Waals surface area contributed by atoms with Gasteiger partial charge in [-0.05, 0) is 39.3 Å². The Labute approximate surface area is 98.5 Å². The fraction of sp³-hybridized carbons (Fsp3) is 0.692. The molecular formula is C13H24N2O. The number of nitrogens with one attached hydrogen (secondary N) is 1. The smallest absolute Gasteiger partial charge is 0.0688 e. The average Bonchev–Trinajstić information content (AvgIpc) is 2.63. The van der Waals surface area contributed by atoms with Crippen molar-refractivity contribution in [2.45, 2.75) is 58.8 Å². The van der Waals surface area contributed by atoms with Crippen LogP contribution < -0.4 is 5.32 Å². The van der Waals surface area contributed by atoms with E-state index in [4.69, 9.17) is 0 Å². The summed E-state index contributed by atoms with van der Waals surface area (Å²) in [6.07, 6.45) is 2.89. The van der Waals surface area contributed by atoms with Gasteiger partial charge < -0.3 is 15.0 Å². The fourth-order valence-corrected chi connectivity index (χ4v) is 1.54. The van der Waals surface area contributed by atoms with Crippen LogP contribution in [-0.2, 0) is 13.1 Å². The average molecular weight is 224 g/mol. The molecule has 0 spiro atoms. The number of nitrogens with zero attached hydrogens (tertiary/aromatic N) is 1. The first-order chi connectivity index (χ1) is 7.47. The minimum absolute atomic E-state index is 0.249. The van der Waals surface area contributed by atoms with E-state index in [1.54, 1.807) is 0 Å². The molecule has 1 atom stereocenters. The van der Waals surface area contributed by atoms with Crippen molar-refractivity contribution in [1.82, 2.24) is 9.88 Å². The van der Waals surface area contributed by atoms with Crippen molar-refractivity contribution in [3.05, 3.63) is 24.0 Å². The first kappa shape index (κ1) is 13.3. The van der Waals surface area contributed by atoms with Gasteiger partial charge in [-0.3, -0.25) is 0 Å². The highest BCUT2D eigenvalue weighted by molar-refractivity contribution is 5.07. The van der Waals surface area contributed by atoms with Gasteiger partial charge in [0.2, 0.25) is 0 Å². The Bertz CT molecular complexity index is 315. The Hall–Kier alpha value is -0.800. The molecule has 0 radical (unpaired) electrons. The van der Waals surface area contributed by atoms with Crippen molar-refractivity contribution in [2.24, 2.45) is 0 Å². The van der Waals surface area contributed by atoms with Gasteiger partial charge in [-0.25, -0.2) is 0 Å². The normalized spacial score (nSPS) is 14.1. The van der Waals surface area contributed by atoms with Crippen molar-refractivity contribution < 1.29 is 5.11 Å². The van der Waals surface area contributed by atoms with Crippen LogP contribution in [0.2, 0.25) is 0 Å². The molecule has 1 rings (SSSR count). The van der Waals surface area contributed by atoms with Crippen molar-refractivity contribution in [3.8, 4) is 0 Å². The minimum atomic E-state index is -0.359. The molecule has 92 valence electrons. The van der Waals surface area contributed by atoms with E-state index < -0.39 is 0 Å². The van der Waals surface area contributed by atoms with Crippen LogP contribution in [0.1, 0.15) is 39.8 Å².